The summed E-state index contributed by atoms with van der Waals surface area (Å²) in [6.45, 7) is 6.20. The summed E-state index contributed by atoms with van der Waals surface area (Å²) < 4.78 is 0. The molecule has 0 saturated carbocycles. The predicted molar refractivity (Wildman–Crippen MR) is 79.1 cm³/mol. The SMILES string of the molecule is Cc1cc([N+](=O)[O-])ccc1/N=C1/N[C@H](C(C)C)CS1. The molecule has 5 nitrogen and oxygen atoms in total. The first kappa shape index (κ1) is 13.9. The van der Waals surface area contributed by atoms with Crippen molar-refractivity contribution in [1.29, 1.82) is 0 Å². The quantitative estimate of drug-likeness (QED) is 0.681. The molecule has 6 heteroatoms. The molecule has 1 aromatic carbocycles. The van der Waals surface area contributed by atoms with E-state index in [1.165, 1.54) is 6.07 Å². The van der Waals surface area contributed by atoms with Gasteiger partial charge in [-0.2, -0.15) is 0 Å². The smallest absolute Gasteiger partial charge is 0.269 e. The highest BCUT2D eigenvalue weighted by Gasteiger charge is 2.23. The molecule has 1 N–H and O–H groups in total. The van der Waals surface area contributed by atoms with Crippen LogP contribution >= 0.6 is 11.8 Å². The van der Waals surface area contributed by atoms with E-state index in [0.717, 1.165) is 22.2 Å². The van der Waals surface area contributed by atoms with Gasteiger partial charge in [0.25, 0.3) is 5.69 Å². The third-order valence-electron chi connectivity index (χ3n) is 3.13. The number of nitro benzene ring substituents is 1. The normalized spacial score (nSPS) is 20.8. The average molecular weight is 279 g/mol. The second kappa shape index (κ2) is 5.61. The molecule has 0 unspecified atom stereocenters. The highest BCUT2D eigenvalue weighted by atomic mass is 32.2. The maximum absolute atomic E-state index is 10.7. The van der Waals surface area contributed by atoms with Crippen LogP contribution in [-0.4, -0.2) is 21.9 Å². The number of rotatable bonds is 3. The first-order chi connectivity index (χ1) is 8.97. The molecule has 0 radical (unpaired) electrons. The number of aryl methyl sites for hydroxylation is 1. The minimum Gasteiger partial charge on any atom is -0.361 e. The first-order valence-corrected chi connectivity index (χ1v) is 7.19. The van der Waals surface area contributed by atoms with E-state index < -0.39 is 0 Å². The van der Waals surface area contributed by atoms with Crippen LogP contribution < -0.4 is 5.32 Å². The highest BCUT2D eigenvalue weighted by Crippen LogP contribution is 2.27. The van der Waals surface area contributed by atoms with E-state index in [1.54, 1.807) is 23.9 Å². The first-order valence-electron chi connectivity index (χ1n) is 6.20. The fraction of sp³-hybridized carbons (Fsp3) is 0.462. The van der Waals surface area contributed by atoms with E-state index in [1.807, 2.05) is 6.92 Å². The number of amidine groups is 1. The lowest BCUT2D eigenvalue weighted by molar-refractivity contribution is -0.384. The molecule has 19 heavy (non-hydrogen) atoms. The van der Waals surface area contributed by atoms with Gasteiger partial charge in [0.05, 0.1) is 10.6 Å². The second-order valence-electron chi connectivity index (χ2n) is 4.95. The van der Waals surface area contributed by atoms with E-state index in [4.69, 9.17) is 0 Å². The molecular weight excluding hydrogens is 262 g/mol. The van der Waals surface area contributed by atoms with Gasteiger partial charge in [0.2, 0.25) is 0 Å². The van der Waals surface area contributed by atoms with Crippen LogP contribution in [0.2, 0.25) is 0 Å². The lowest BCUT2D eigenvalue weighted by Crippen LogP contribution is -2.31. The van der Waals surface area contributed by atoms with Crippen LogP contribution in [-0.2, 0) is 0 Å². The summed E-state index contributed by atoms with van der Waals surface area (Å²) in [7, 11) is 0. The molecule has 0 amide bonds. The van der Waals surface area contributed by atoms with E-state index in [9.17, 15) is 10.1 Å². The fourth-order valence-corrected chi connectivity index (χ4v) is 3.03. The van der Waals surface area contributed by atoms with Crippen LogP contribution in [0.1, 0.15) is 19.4 Å². The van der Waals surface area contributed by atoms with Crippen molar-refractivity contribution in [1.82, 2.24) is 5.32 Å². The largest absolute Gasteiger partial charge is 0.361 e. The zero-order chi connectivity index (χ0) is 14.0. The number of benzene rings is 1. The average Bonchev–Trinajstić information content (AvgIpc) is 2.80. The number of nitro groups is 1. The Bertz CT molecular complexity index is 529. The highest BCUT2D eigenvalue weighted by molar-refractivity contribution is 8.14. The van der Waals surface area contributed by atoms with Crippen LogP contribution in [0.5, 0.6) is 0 Å². The minimum absolute atomic E-state index is 0.105. The van der Waals surface area contributed by atoms with Gasteiger partial charge >= 0.3 is 0 Å². The van der Waals surface area contributed by atoms with Gasteiger partial charge in [-0.15, -0.1) is 0 Å². The van der Waals surface area contributed by atoms with Crippen molar-refractivity contribution in [3.05, 3.63) is 33.9 Å². The van der Waals surface area contributed by atoms with Gasteiger partial charge in [-0.3, -0.25) is 10.1 Å². The summed E-state index contributed by atoms with van der Waals surface area (Å²) in [5.74, 6) is 1.58. The number of aliphatic imine (C=N–C) groups is 1. The van der Waals surface area contributed by atoms with Crippen LogP contribution in [0.3, 0.4) is 0 Å². The van der Waals surface area contributed by atoms with Crippen molar-refractivity contribution in [2.75, 3.05) is 5.75 Å². The lowest BCUT2D eigenvalue weighted by atomic mass is 10.1. The van der Waals surface area contributed by atoms with Crippen molar-refractivity contribution in [2.45, 2.75) is 26.8 Å². The van der Waals surface area contributed by atoms with Crippen LogP contribution in [0.15, 0.2) is 23.2 Å². The molecule has 0 bridgehead atoms. The molecular formula is C13H17N3O2S. The fourth-order valence-electron chi connectivity index (χ4n) is 1.82. The van der Waals surface area contributed by atoms with Gasteiger partial charge in [0.1, 0.15) is 0 Å². The zero-order valence-electron chi connectivity index (χ0n) is 11.2. The number of nitrogens with zero attached hydrogens (tertiary/aromatic N) is 2. The van der Waals surface area contributed by atoms with E-state index in [-0.39, 0.29) is 10.6 Å². The Hall–Kier alpha value is -1.56. The molecule has 2 rings (SSSR count). The third-order valence-corrected chi connectivity index (χ3v) is 4.13. The maximum atomic E-state index is 10.7. The summed E-state index contributed by atoms with van der Waals surface area (Å²) in [5, 5.41) is 15.0. The molecule has 0 aliphatic carbocycles. The minimum atomic E-state index is -0.388. The maximum Gasteiger partial charge on any atom is 0.269 e. The molecule has 0 aromatic heterocycles. The number of hydrogen-bond acceptors (Lipinski definition) is 4. The van der Waals surface area contributed by atoms with Gasteiger partial charge in [-0.05, 0) is 24.5 Å². The Morgan fingerprint density at radius 3 is 2.79 bits per heavy atom. The molecule has 1 aromatic rings. The standard InChI is InChI=1S/C13H17N3O2S/c1-8(2)12-7-19-13(15-12)14-11-5-4-10(16(17)18)6-9(11)3/h4-6,8,12H,7H2,1-3H3,(H,14,15)/t12-/m0/s1. The molecule has 1 aliphatic heterocycles. The zero-order valence-corrected chi connectivity index (χ0v) is 12.0. The van der Waals surface area contributed by atoms with Gasteiger partial charge in [0, 0.05) is 23.9 Å². The molecule has 102 valence electrons. The van der Waals surface area contributed by atoms with Crippen molar-refractivity contribution in [2.24, 2.45) is 10.9 Å². The Labute approximate surface area is 116 Å². The van der Waals surface area contributed by atoms with Gasteiger partial charge in [-0.1, -0.05) is 25.6 Å². The van der Waals surface area contributed by atoms with Gasteiger partial charge in [-0.25, -0.2) is 4.99 Å². The van der Waals surface area contributed by atoms with E-state index >= 15 is 0 Å². The number of hydrogen-bond donors (Lipinski definition) is 1. The molecule has 1 fully saturated rings. The van der Waals surface area contributed by atoms with Crippen molar-refractivity contribution >= 4 is 28.3 Å². The monoisotopic (exact) mass is 279 g/mol. The van der Waals surface area contributed by atoms with Crippen molar-refractivity contribution in [3.63, 3.8) is 0 Å². The van der Waals surface area contributed by atoms with Gasteiger partial charge < -0.3 is 5.32 Å². The van der Waals surface area contributed by atoms with E-state index in [2.05, 4.69) is 24.2 Å². The molecule has 1 atom stereocenters. The van der Waals surface area contributed by atoms with Crippen molar-refractivity contribution in [3.8, 4) is 0 Å². The second-order valence-corrected chi connectivity index (χ2v) is 5.96. The summed E-state index contributed by atoms with van der Waals surface area (Å²) in [4.78, 5) is 14.8. The van der Waals surface area contributed by atoms with E-state index in [0.29, 0.717) is 12.0 Å². The number of non-ortho nitro benzene ring substituents is 1. The number of nitrogens with one attached hydrogen (secondary N) is 1. The summed E-state index contributed by atoms with van der Waals surface area (Å²) >= 11 is 1.70. The van der Waals surface area contributed by atoms with Crippen LogP contribution in [0.25, 0.3) is 0 Å². The predicted octanol–water partition coefficient (Wildman–Crippen LogP) is 3.25. The Morgan fingerprint density at radius 1 is 1.53 bits per heavy atom. The number of thioether (sulfide) groups is 1. The van der Waals surface area contributed by atoms with Crippen LogP contribution in [0.4, 0.5) is 11.4 Å². The molecule has 1 heterocycles. The summed E-state index contributed by atoms with van der Waals surface area (Å²) in [6.07, 6.45) is 0. The van der Waals surface area contributed by atoms with Crippen LogP contribution in [0, 0.1) is 23.0 Å². The lowest BCUT2D eigenvalue weighted by Gasteiger charge is -2.13. The topological polar surface area (TPSA) is 67.5 Å². The molecule has 1 aliphatic rings. The summed E-state index contributed by atoms with van der Waals surface area (Å²) in [6, 6.07) is 5.19. The van der Waals surface area contributed by atoms with Crippen molar-refractivity contribution < 1.29 is 4.92 Å². The molecule has 0 spiro atoms. The third kappa shape index (κ3) is 3.26. The Balaban J connectivity index is 2.18. The Kier molecular flexibility index (Phi) is 4.09. The van der Waals surface area contributed by atoms with Gasteiger partial charge in [0.15, 0.2) is 5.17 Å². The summed E-state index contributed by atoms with van der Waals surface area (Å²) in [5.41, 5.74) is 1.70. The Morgan fingerprint density at radius 2 is 2.26 bits per heavy atom. The molecule has 1 saturated heterocycles.